The molecule has 3 aromatic carbocycles. The Labute approximate surface area is 159 Å². The lowest BCUT2D eigenvalue weighted by Gasteiger charge is -2.16. The molecule has 0 aliphatic carbocycles. The first-order valence-corrected chi connectivity index (χ1v) is 8.91. The standard InChI is InChI=1S/C22H16O6/c1-7-11-5-13-9(3)17-18(22(26)28-21(17)25)10(4)14(13)6-12(11)8(2)16-15(7)19(23)27-20(16)24/h5-6,19,23H,1-4H3. The maximum absolute atomic E-state index is 12.2. The van der Waals surface area contributed by atoms with Gasteiger partial charge in [-0.3, -0.25) is 0 Å². The maximum atomic E-state index is 12.2. The molecule has 140 valence electrons. The number of aliphatic hydroxyl groups is 1. The van der Waals surface area contributed by atoms with E-state index in [1.54, 1.807) is 13.8 Å². The molecule has 2 aliphatic heterocycles. The first-order valence-electron chi connectivity index (χ1n) is 8.91. The van der Waals surface area contributed by atoms with E-state index in [1.165, 1.54) is 0 Å². The Bertz CT molecular complexity index is 1310. The van der Waals surface area contributed by atoms with Crippen molar-refractivity contribution in [3.63, 3.8) is 0 Å². The maximum Gasteiger partial charge on any atom is 0.347 e. The van der Waals surface area contributed by atoms with Gasteiger partial charge in [0.2, 0.25) is 6.29 Å². The zero-order chi connectivity index (χ0) is 20.1. The second-order valence-electron chi connectivity index (χ2n) is 7.42. The molecule has 0 amide bonds. The number of ether oxygens (including phenoxy) is 2. The van der Waals surface area contributed by atoms with Gasteiger partial charge < -0.3 is 14.6 Å². The van der Waals surface area contributed by atoms with E-state index >= 15 is 0 Å². The van der Waals surface area contributed by atoms with E-state index in [4.69, 9.17) is 9.47 Å². The minimum Gasteiger partial charge on any atom is -0.428 e. The summed E-state index contributed by atoms with van der Waals surface area (Å²) in [6.45, 7) is 7.24. The number of carbonyl (C=O) groups excluding carboxylic acids is 3. The molecule has 0 bridgehead atoms. The molecular formula is C22H16O6. The summed E-state index contributed by atoms with van der Waals surface area (Å²) in [4.78, 5) is 36.6. The lowest BCUT2D eigenvalue weighted by Crippen LogP contribution is -2.03. The molecule has 2 heterocycles. The summed E-state index contributed by atoms with van der Waals surface area (Å²) in [6.07, 6.45) is -1.28. The molecule has 0 saturated heterocycles. The summed E-state index contributed by atoms with van der Waals surface area (Å²) in [5.41, 5.74) is 4.32. The topological polar surface area (TPSA) is 89.9 Å². The van der Waals surface area contributed by atoms with Gasteiger partial charge in [0.15, 0.2) is 0 Å². The average Bonchev–Trinajstić information content (AvgIpc) is 3.11. The van der Waals surface area contributed by atoms with E-state index in [9.17, 15) is 19.5 Å². The predicted molar refractivity (Wildman–Crippen MR) is 101 cm³/mol. The number of fused-ring (bicyclic) bond motifs is 4. The third-order valence-electron chi connectivity index (χ3n) is 6.09. The molecule has 2 aliphatic rings. The fourth-order valence-corrected chi connectivity index (χ4v) is 4.64. The van der Waals surface area contributed by atoms with Crippen LogP contribution in [0, 0.1) is 27.7 Å². The van der Waals surface area contributed by atoms with Crippen LogP contribution < -0.4 is 0 Å². The Morgan fingerprint density at radius 2 is 1.11 bits per heavy atom. The van der Waals surface area contributed by atoms with Crippen LogP contribution in [0.15, 0.2) is 12.1 Å². The Morgan fingerprint density at radius 3 is 1.61 bits per heavy atom. The highest BCUT2D eigenvalue weighted by Crippen LogP contribution is 2.42. The Kier molecular flexibility index (Phi) is 3.12. The molecule has 5 rings (SSSR count). The SMILES string of the molecule is Cc1c2c(c(C)c3cc4c(C)c5c(c(C)c4cc13)C(=O)OC5O)C(=O)OC2=O. The number of benzene rings is 3. The van der Waals surface area contributed by atoms with Crippen molar-refractivity contribution in [2.75, 3.05) is 0 Å². The van der Waals surface area contributed by atoms with Crippen LogP contribution in [0.1, 0.15) is 65.2 Å². The van der Waals surface area contributed by atoms with Gasteiger partial charge in [-0.2, -0.15) is 0 Å². The van der Waals surface area contributed by atoms with E-state index in [-0.39, 0.29) is 0 Å². The van der Waals surface area contributed by atoms with Gasteiger partial charge in [0.1, 0.15) is 0 Å². The first kappa shape index (κ1) is 16.9. The smallest absolute Gasteiger partial charge is 0.347 e. The van der Waals surface area contributed by atoms with Crippen molar-refractivity contribution >= 4 is 39.5 Å². The highest BCUT2D eigenvalue weighted by molar-refractivity contribution is 6.21. The van der Waals surface area contributed by atoms with Gasteiger partial charge in [0, 0.05) is 5.56 Å². The quantitative estimate of drug-likeness (QED) is 0.366. The van der Waals surface area contributed by atoms with Crippen molar-refractivity contribution in [1.82, 2.24) is 0 Å². The number of carbonyl (C=O) groups is 3. The lowest BCUT2D eigenvalue weighted by atomic mass is 9.85. The van der Waals surface area contributed by atoms with Gasteiger partial charge in [0.05, 0.1) is 16.7 Å². The molecule has 28 heavy (non-hydrogen) atoms. The number of rotatable bonds is 0. The largest absolute Gasteiger partial charge is 0.428 e. The van der Waals surface area contributed by atoms with Gasteiger partial charge in [0.25, 0.3) is 0 Å². The molecule has 0 radical (unpaired) electrons. The molecular weight excluding hydrogens is 360 g/mol. The molecule has 0 fully saturated rings. The third-order valence-corrected chi connectivity index (χ3v) is 6.09. The predicted octanol–water partition coefficient (Wildman–Crippen LogP) is 3.70. The van der Waals surface area contributed by atoms with Crippen LogP contribution >= 0.6 is 0 Å². The summed E-state index contributed by atoms with van der Waals surface area (Å²) in [5.74, 6) is -1.80. The molecule has 1 atom stereocenters. The third kappa shape index (κ3) is 1.83. The minimum atomic E-state index is -1.28. The van der Waals surface area contributed by atoms with Crippen molar-refractivity contribution in [1.29, 1.82) is 0 Å². The fraction of sp³-hybridized carbons (Fsp3) is 0.227. The van der Waals surface area contributed by atoms with Gasteiger partial charge in [-0.25, -0.2) is 14.4 Å². The van der Waals surface area contributed by atoms with Crippen LogP contribution in [0.25, 0.3) is 21.5 Å². The average molecular weight is 376 g/mol. The summed E-state index contributed by atoms with van der Waals surface area (Å²) in [6, 6.07) is 3.88. The number of aliphatic hydroxyl groups excluding tert-OH is 1. The van der Waals surface area contributed by atoms with Crippen LogP contribution in [0.2, 0.25) is 0 Å². The molecule has 0 saturated carbocycles. The number of aryl methyl sites for hydroxylation is 4. The van der Waals surface area contributed by atoms with E-state index in [0.29, 0.717) is 33.4 Å². The van der Waals surface area contributed by atoms with Crippen molar-refractivity contribution in [3.05, 3.63) is 56.6 Å². The van der Waals surface area contributed by atoms with Gasteiger partial charge in [-0.15, -0.1) is 0 Å². The Balaban J connectivity index is 2.00. The molecule has 1 unspecified atom stereocenters. The molecule has 6 heteroatoms. The van der Waals surface area contributed by atoms with E-state index < -0.39 is 24.2 Å². The van der Waals surface area contributed by atoms with Gasteiger partial charge in [-0.1, -0.05) is 0 Å². The molecule has 0 spiro atoms. The lowest BCUT2D eigenvalue weighted by molar-refractivity contribution is -0.0550. The Morgan fingerprint density at radius 1 is 0.679 bits per heavy atom. The fourth-order valence-electron chi connectivity index (χ4n) is 4.64. The van der Waals surface area contributed by atoms with E-state index in [0.717, 1.165) is 32.7 Å². The van der Waals surface area contributed by atoms with E-state index in [1.807, 2.05) is 26.0 Å². The van der Waals surface area contributed by atoms with Crippen LogP contribution in [0.3, 0.4) is 0 Å². The van der Waals surface area contributed by atoms with Crippen molar-refractivity contribution in [2.24, 2.45) is 0 Å². The molecule has 1 N–H and O–H groups in total. The van der Waals surface area contributed by atoms with Crippen molar-refractivity contribution in [3.8, 4) is 0 Å². The van der Waals surface area contributed by atoms with Gasteiger partial charge in [-0.05, 0) is 83.6 Å². The normalized spacial score (nSPS) is 17.9. The minimum absolute atomic E-state index is 0.305. The zero-order valence-electron chi connectivity index (χ0n) is 15.7. The highest BCUT2D eigenvalue weighted by Gasteiger charge is 2.36. The zero-order valence-corrected chi connectivity index (χ0v) is 15.7. The summed E-state index contributed by atoms with van der Waals surface area (Å²) < 4.78 is 9.84. The van der Waals surface area contributed by atoms with Gasteiger partial charge >= 0.3 is 17.9 Å². The summed E-state index contributed by atoms with van der Waals surface area (Å²) in [7, 11) is 0. The molecule has 6 nitrogen and oxygen atoms in total. The number of hydrogen-bond acceptors (Lipinski definition) is 6. The highest BCUT2D eigenvalue weighted by atomic mass is 16.6. The Hall–Kier alpha value is -3.25. The van der Waals surface area contributed by atoms with Crippen molar-refractivity contribution < 1.29 is 29.0 Å². The second-order valence-corrected chi connectivity index (χ2v) is 7.42. The number of cyclic esters (lactones) is 3. The molecule has 3 aromatic rings. The van der Waals surface area contributed by atoms with Crippen molar-refractivity contribution in [2.45, 2.75) is 34.0 Å². The van der Waals surface area contributed by atoms with Crippen LogP contribution in [-0.2, 0) is 9.47 Å². The first-order chi connectivity index (χ1) is 13.2. The number of hydrogen-bond donors (Lipinski definition) is 1. The molecule has 0 aromatic heterocycles. The summed E-state index contributed by atoms with van der Waals surface area (Å²) in [5, 5.41) is 13.5. The number of esters is 3. The van der Waals surface area contributed by atoms with Crippen LogP contribution in [-0.4, -0.2) is 23.0 Å². The monoisotopic (exact) mass is 376 g/mol. The van der Waals surface area contributed by atoms with E-state index in [2.05, 4.69) is 0 Å². The summed E-state index contributed by atoms with van der Waals surface area (Å²) >= 11 is 0. The van der Waals surface area contributed by atoms with Crippen LogP contribution in [0.5, 0.6) is 0 Å². The second kappa shape index (κ2) is 5.17. The van der Waals surface area contributed by atoms with Crippen LogP contribution in [0.4, 0.5) is 0 Å².